The van der Waals surface area contributed by atoms with Crippen molar-refractivity contribution in [2.45, 2.75) is 107 Å². The van der Waals surface area contributed by atoms with Gasteiger partial charge in [-0.2, -0.15) is 0 Å². The molecule has 0 radical (unpaired) electrons. The largest absolute Gasteiger partial charge is 0.383 e. The van der Waals surface area contributed by atoms with Gasteiger partial charge in [0.25, 0.3) is 0 Å². The molecule has 4 aliphatic heterocycles. The number of aliphatic hydroxyl groups is 1. The third kappa shape index (κ3) is 7.44. The summed E-state index contributed by atoms with van der Waals surface area (Å²) in [4.78, 5) is 42.4. The van der Waals surface area contributed by atoms with Gasteiger partial charge in [0.2, 0.25) is 11.8 Å². The van der Waals surface area contributed by atoms with Gasteiger partial charge in [0.05, 0.1) is 16.9 Å². The van der Waals surface area contributed by atoms with E-state index in [1.165, 1.54) is 30.3 Å². The summed E-state index contributed by atoms with van der Waals surface area (Å²) in [6, 6.07) is 19.5. The number of hydrogen-bond donors (Lipinski definition) is 3. The number of carbonyl (C=O) groups excluding carboxylic acids is 3. The third-order valence-corrected chi connectivity index (χ3v) is 14.7. The second-order valence-electron chi connectivity index (χ2n) is 17.4. The van der Waals surface area contributed by atoms with E-state index in [-0.39, 0.29) is 53.2 Å². The van der Waals surface area contributed by atoms with Gasteiger partial charge in [-0.1, -0.05) is 61.7 Å². The zero-order valence-corrected chi connectivity index (χ0v) is 32.7. The lowest BCUT2D eigenvalue weighted by molar-refractivity contribution is -0.134. The minimum Gasteiger partial charge on any atom is -0.383 e. The zero-order valence-electron chi connectivity index (χ0n) is 32.7. The molecule has 6 fully saturated rings. The van der Waals surface area contributed by atoms with Crippen LogP contribution < -0.4 is 10.6 Å². The third-order valence-electron chi connectivity index (χ3n) is 14.7. The minimum atomic E-state index is -1.22. The van der Waals surface area contributed by atoms with Crippen molar-refractivity contribution in [3.63, 3.8) is 0 Å². The highest BCUT2D eigenvalue weighted by Gasteiger charge is 2.55. The van der Waals surface area contributed by atoms with Crippen LogP contribution in [0.3, 0.4) is 0 Å². The average molecular weight is 785 g/mol. The van der Waals surface area contributed by atoms with E-state index in [2.05, 4.69) is 20.4 Å². The summed E-state index contributed by atoms with van der Waals surface area (Å²) >= 11 is 0. The zero-order chi connectivity index (χ0) is 39.8. The van der Waals surface area contributed by atoms with Crippen LogP contribution in [0.25, 0.3) is 0 Å². The predicted octanol–water partition coefficient (Wildman–Crippen LogP) is 6.72. The second-order valence-corrected chi connectivity index (χ2v) is 17.4. The first kappa shape index (κ1) is 39.8. The van der Waals surface area contributed by atoms with Gasteiger partial charge in [-0.15, -0.1) is 0 Å². The van der Waals surface area contributed by atoms with Gasteiger partial charge in [-0.25, -0.2) is 13.2 Å². The maximum absolute atomic E-state index is 14.7. The Hall–Kier alpha value is -4.06. The van der Waals surface area contributed by atoms with E-state index in [1.54, 1.807) is 42.5 Å². The van der Waals surface area contributed by atoms with Gasteiger partial charge >= 0.3 is 0 Å². The van der Waals surface area contributed by atoms with Crippen LogP contribution in [0.2, 0.25) is 0 Å². The summed E-state index contributed by atoms with van der Waals surface area (Å²) in [6.45, 7) is 4.11. The normalized spacial score (nSPS) is 30.1. The summed E-state index contributed by atoms with van der Waals surface area (Å²) in [7, 11) is 0. The van der Waals surface area contributed by atoms with E-state index in [1.807, 2.05) is 0 Å². The number of ketones is 1. The number of Topliss-reactive ketones (excluding diaryl/α,β-unsaturated/α-hetero) is 1. The Morgan fingerprint density at radius 3 is 1.63 bits per heavy atom. The number of likely N-dealkylation sites (tertiary alicyclic amines) is 2. The van der Waals surface area contributed by atoms with Crippen LogP contribution in [0.15, 0.2) is 72.8 Å². The summed E-state index contributed by atoms with van der Waals surface area (Å²) in [5, 5.41) is 17.8. The van der Waals surface area contributed by atoms with Crippen LogP contribution in [0.4, 0.5) is 13.2 Å². The van der Waals surface area contributed by atoms with E-state index < -0.39 is 16.4 Å². The SMILES string of the molecule is O=C1CCCCC1N1CCC2(CC1)C(=O)NCC2c1ccc(F)cc1.O=C1NCC(c2ccc(F)cc2)C12CCN(C1CCCCC1(O)c1ccccc1F)CC2. The van der Waals surface area contributed by atoms with E-state index in [0.717, 1.165) is 75.6 Å². The molecule has 304 valence electrons. The molecule has 2 amide bonds. The van der Waals surface area contributed by atoms with Crippen LogP contribution in [-0.4, -0.2) is 83.9 Å². The molecule has 11 heteroatoms. The van der Waals surface area contributed by atoms with Crippen LogP contribution in [0, 0.1) is 28.3 Å². The molecule has 8 nitrogen and oxygen atoms in total. The lowest BCUT2D eigenvalue weighted by atomic mass is 9.66. The van der Waals surface area contributed by atoms with E-state index >= 15 is 0 Å². The van der Waals surface area contributed by atoms with Gasteiger partial charge in [-0.05, 0) is 119 Å². The molecule has 9 rings (SSSR count). The molecule has 2 aliphatic carbocycles. The Balaban J connectivity index is 0.000000165. The van der Waals surface area contributed by atoms with Gasteiger partial charge in [0.1, 0.15) is 28.8 Å². The van der Waals surface area contributed by atoms with Crippen molar-refractivity contribution in [3.8, 4) is 0 Å². The van der Waals surface area contributed by atoms with E-state index in [4.69, 9.17) is 0 Å². The Morgan fingerprint density at radius 1 is 0.596 bits per heavy atom. The minimum absolute atomic E-state index is 0.00885. The lowest BCUT2D eigenvalue weighted by Crippen LogP contribution is -2.57. The Labute approximate surface area is 333 Å². The fraction of sp³-hybridized carbons (Fsp3) is 0.543. The fourth-order valence-electron chi connectivity index (χ4n) is 11.4. The first-order valence-electron chi connectivity index (χ1n) is 21.1. The predicted molar refractivity (Wildman–Crippen MR) is 211 cm³/mol. The number of benzene rings is 3. The molecule has 3 aromatic carbocycles. The van der Waals surface area contributed by atoms with Crippen molar-refractivity contribution in [2.75, 3.05) is 39.3 Å². The quantitative estimate of drug-likeness (QED) is 0.266. The number of nitrogens with one attached hydrogen (secondary N) is 2. The van der Waals surface area contributed by atoms with Crippen molar-refractivity contribution >= 4 is 17.6 Å². The van der Waals surface area contributed by atoms with Crippen molar-refractivity contribution in [1.82, 2.24) is 20.4 Å². The molecule has 4 saturated heterocycles. The standard InChI is InChI=1S/C26H30F2N2O2.C20H25FN2O2/c27-19-10-8-18(9-11-19)21-17-29-24(31)25(21)13-15-30(16-14-25)23-7-3-4-12-26(23,32)20-5-1-2-6-22(20)28;21-15-7-5-14(6-8-15)16-13-22-19(25)20(16)9-11-23(12-10-20)17-3-1-2-4-18(17)24/h1-2,5-6,8-11,21,23,32H,3-4,7,12-17H2,(H,29,31);5-8,16-17H,1-4,9-13H2,(H,22,25). The van der Waals surface area contributed by atoms with Crippen LogP contribution >= 0.6 is 0 Å². The molecule has 57 heavy (non-hydrogen) atoms. The number of hydrogen-bond acceptors (Lipinski definition) is 6. The van der Waals surface area contributed by atoms with Gasteiger partial charge < -0.3 is 15.7 Å². The fourth-order valence-corrected chi connectivity index (χ4v) is 11.4. The van der Waals surface area contributed by atoms with Crippen LogP contribution in [0.5, 0.6) is 0 Å². The molecule has 5 unspecified atom stereocenters. The number of nitrogens with zero attached hydrogens (tertiary/aromatic N) is 2. The van der Waals surface area contributed by atoms with Crippen molar-refractivity contribution in [3.05, 3.63) is 107 Å². The molecule has 5 atom stereocenters. The molecule has 3 aromatic rings. The summed E-state index contributed by atoms with van der Waals surface area (Å²) < 4.78 is 41.4. The van der Waals surface area contributed by atoms with E-state index in [9.17, 15) is 32.7 Å². The van der Waals surface area contributed by atoms with Crippen molar-refractivity contribution in [1.29, 1.82) is 0 Å². The van der Waals surface area contributed by atoms with Crippen LogP contribution in [-0.2, 0) is 20.0 Å². The first-order chi connectivity index (χ1) is 27.5. The van der Waals surface area contributed by atoms with Gasteiger partial charge in [0, 0.05) is 43.0 Å². The Morgan fingerprint density at radius 2 is 1.11 bits per heavy atom. The summed E-state index contributed by atoms with van der Waals surface area (Å²) in [5.74, 6) is -0.231. The molecule has 0 aromatic heterocycles. The molecule has 2 spiro atoms. The number of piperidine rings is 2. The smallest absolute Gasteiger partial charge is 0.227 e. The monoisotopic (exact) mass is 784 g/mol. The van der Waals surface area contributed by atoms with Gasteiger partial charge in [0.15, 0.2) is 0 Å². The molecular weight excluding hydrogens is 730 g/mol. The number of halogens is 3. The molecule has 6 aliphatic rings. The Kier molecular flexibility index (Phi) is 11.4. The molecule has 2 saturated carbocycles. The van der Waals surface area contributed by atoms with Crippen molar-refractivity contribution in [2.24, 2.45) is 10.8 Å². The Bertz CT molecular complexity index is 1930. The lowest BCUT2D eigenvalue weighted by Gasteiger charge is -2.50. The first-order valence-corrected chi connectivity index (χ1v) is 21.1. The molecular formula is C46H55F3N4O4. The maximum Gasteiger partial charge on any atom is 0.227 e. The highest BCUT2D eigenvalue weighted by Crippen LogP contribution is 2.51. The maximum atomic E-state index is 14.7. The van der Waals surface area contributed by atoms with E-state index in [0.29, 0.717) is 63.2 Å². The number of amides is 2. The molecule has 4 heterocycles. The number of carbonyl (C=O) groups is 3. The van der Waals surface area contributed by atoms with Crippen molar-refractivity contribution < 1.29 is 32.7 Å². The highest BCUT2D eigenvalue weighted by atomic mass is 19.1. The summed E-state index contributed by atoms with van der Waals surface area (Å²) in [5.41, 5.74) is 0.251. The second kappa shape index (κ2) is 16.3. The summed E-state index contributed by atoms with van der Waals surface area (Å²) in [6.07, 6.45) is 9.90. The molecule has 0 bridgehead atoms. The van der Waals surface area contributed by atoms with Crippen LogP contribution in [0.1, 0.15) is 106 Å². The van der Waals surface area contributed by atoms with Gasteiger partial charge in [-0.3, -0.25) is 24.2 Å². The average Bonchev–Trinajstić information content (AvgIpc) is 3.71. The highest BCUT2D eigenvalue weighted by molar-refractivity contribution is 5.88. The number of rotatable bonds is 5. The topological polar surface area (TPSA) is 102 Å². The molecule has 3 N–H and O–H groups in total.